The molecule has 0 aromatic carbocycles. The SMILES string of the molecule is CCc1cc(C(F)(F)F)n2nc(C3CCN(Cc4cnc(C)nc4)CC3)cc2n1. The van der Waals surface area contributed by atoms with Gasteiger partial charge in [0, 0.05) is 42.2 Å². The van der Waals surface area contributed by atoms with Crippen molar-refractivity contribution in [2.75, 3.05) is 13.1 Å². The fraction of sp³-hybridized carbons (Fsp3) is 0.500. The number of halogens is 3. The van der Waals surface area contributed by atoms with E-state index in [0.717, 1.165) is 54.4 Å². The summed E-state index contributed by atoms with van der Waals surface area (Å²) in [7, 11) is 0. The highest BCUT2D eigenvalue weighted by Gasteiger charge is 2.35. The molecule has 3 aromatic rings. The molecule has 1 aliphatic heterocycles. The van der Waals surface area contributed by atoms with Crippen molar-refractivity contribution in [2.24, 2.45) is 0 Å². The first-order valence-corrected chi connectivity index (χ1v) is 9.80. The molecule has 0 radical (unpaired) electrons. The van der Waals surface area contributed by atoms with Gasteiger partial charge in [-0.3, -0.25) is 4.90 Å². The van der Waals surface area contributed by atoms with Gasteiger partial charge in [-0.25, -0.2) is 19.5 Å². The predicted octanol–water partition coefficient (Wildman–Crippen LogP) is 3.79. The number of likely N-dealkylation sites (tertiary alicyclic amines) is 1. The Labute approximate surface area is 166 Å². The van der Waals surface area contributed by atoms with E-state index < -0.39 is 11.9 Å². The number of rotatable bonds is 4. The molecule has 1 saturated heterocycles. The van der Waals surface area contributed by atoms with Gasteiger partial charge in [0.25, 0.3) is 0 Å². The average molecular weight is 404 g/mol. The molecular formula is C20H23F3N6. The minimum absolute atomic E-state index is 0.133. The lowest BCUT2D eigenvalue weighted by atomic mass is 9.93. The molecule has 1 fully saturated rings. The Morgan fingerprint density at radius 1 is 1.10 bits per heavy atom. The van der Waals surface area contributed by atoms with Gasteiger partial charge in [-0.2, -0.15) is 18.3 Å². The van der Waals surface area contributed by atoms with Crippen molar-refractivity contribution < 1.29 is 13.2 Å². The van der Waals surface area contributed by atoms with Gasteiger partial charge >= 0.3 is 6.18 Å². The van der Waals surface area contributed by atoms with Crippen LogP contribution in [0.4, 0.5) is 13.2 Å². The number of fused-ring (bicyclic) bond motifs is 1. The molecule has 0 amide bonds. The maximum Gasteiger partial charge on any atom is 0.433 e. The molecule has 0 saturated carbocycles. The summed E-state index contributed by atoms with van der Waals surface area (Å²) in [5, 5.41) is 4.29. The van der Waals surface area contributed by atoms with E-state index in [1.165, 1.54) is 0 Å². The third kappa shape index (κ3) is 4.24. The fourth-order valence-corrected chi connectivity index (χ4v) is 3.77. The quantitative estimate of drug-likeness (QED) is 0.662. The molecule has 6 nitrogen and oxygen atoms in total. The maximum atomic E-state index is 13.5. The summed E-state index contributed by atoms with van der Waals surface area (Å²) in [5.41, 5.74) is 1.68. The minimum atomic E-state index is -4.46. The summed E-state index contributed by atoms with van der Waals surface area (Å²) in [6, 6.07) is 2.80. The summed E-state index contributed by atoms with van der Waals surface area (Å²) < 4.78 is 41.3. The van der Waals surface area contributed by atoms with Gasteiger partial charge in [-0.1, -0.05) is 6.92 Å². The van der Waals surface area contributed by atoms with E-state index in [1.807, 2.05) is 19.3 Å². The first-order valence-electron chi connectivity index (χ1n) is 9.80. The summed E-state index contributed by atoms with van der Waals surface area (Å²) in [4.78, 5) is 15.1. The first kappa shape index (κ1) is 19.8. The van der Waals surface area contributed by atoms with Gasteiger partial charge in [0.15, 0.2) is 5.65 Å². The Balaban J connectivity index is 1.50. The van der Waals surface area contributed by atoms with Gasteiger partial charge in [-0.05, 0) is 45.3 Å². The van der Waals surface area contributed by atoms with Crippen LogP contribution in [0.2, 0.25) is 0 Å². The molecule has 0 N–H and O–H groups in total. The smallest absolute Gasteiger partial charge is 0.299 e. The van der Waals surface area contributed by atoms with Gasteiger partial charge < -0.3 is 0 Å². The molecule has 9 heteroatoms. The Morgan fingerprint density at radius 3 is 2.41 bits per heavy atom. The Kier molecular flexibility index (Phi) is 5.24. The van der Waals surface area contributed by atoms with Crippen LogP contribution in [0, 0.1) is 6.92 Å². The summed E-state index contributed by atoms with van der Waals surface area (Å²) in [6.45, 7) is 6.13. The van der Waals surface area contributed by atoms with E-state index in [0.29, 0.717) is 17.8 Å². The zero-order valence-corrected chi connectivity index (χ0v) is 16.4. The summed E-state index contributed by atoms with van der Waals surface area (Å²) >= 11 is 0. The molecular weight excluding hydrogens is 381 g/mol. The molecule has 0 bridgehead atoms. The van der Waals surface area contributed by atoms with Crippen LogP contribution in [0.3, 0.4) is 0 Å². The fourth-order valence-electron chi connectivity index (χ4n) is 3.77. The van der Waals surface area contributed by atoms with Crippen molar-refractivity contribution in [3.05, 3.63) is 53.0 Å². The van der Waals surface area contributed by atoms with Crippen LogP contribution in [0.1, 0.15) is 54.2 Å². The van der Waals surface area contributed by atoms with Crippen molar-refractivity contribution in [1.82, 2.24) is 29.5 Å². The van der Waals surface area contributed by atoms with E-state index >= 15 is 0 Å². The number of alkyl halides is 3. The Morgan fingerprint density at radius 2 is 1.79 bits per heavy atom. The van der Waals surface area contributed by atoms with Crippen LogP contribution in [-0.4, -0.2) is 42.6 Å². The number of aryl methyl sites for hydroxylation is 2. The average Bonchev–Trinajstić information content (AvgIpc) is 3.12. The minimum Gasteiger partial charge on any atom is -0.299 e. The van der Waals surface area contributed by atoms with Crippen LogP contribution in [-0.2, 0) is 19.1 Å². The zero-order chi connectivity index (χ0) is 20.6. The largest absolute Gasteiger partial charge is 0.433 e. The lowest BCUT2D eigenvalue weighted by Gasteiger charge is -2.31. The standard InChI is InChI=1S/C20H23F3N6/c1-3-16-8-18(20(21,22)23)29-19(26-16)9-17(27-29)15-4-6-28(7-5-15)12-14-10-24-13(2)25-11-14/h8-11,15H,3-7,12H2,1-2H3. The van der Waals surface area contributed by atoms with Crippen LogP contribution in [0.15, 0.2) is 24.5 Å². The predicted molar refractivity (Wildman–Crippen MR) is 101 cm³/mol. The molecule has 29 heavy (non-hydrogen) atoms. The molecule has 1 aliphatic rings. The van der Waals surface area contributed by atoms with Gasteiger partial charge in [-0.15, -0.1) is 0 Å². The van der Waals surface area contributed by atoms with Crippen molar-refractivity contribution in [3.8, 4) is 0 Å². The van der Waals surface area contributed by atoms with Gasteiger partial charge in [0.1, 0.15) is 11.5 Å². The zero-order valence-electron chi connectivity index (χ0n) is 16.4. The van der Waals surface area contributed by atoms with Crippen LogP contribution >= 0.6 is 0 Å². The van der Waals surface area contributed by atoms with Crippen molar-refractivity contribution in [1.29, 1.82) is 0 Å². The maximum absolute atomic E-state index is 13.5. The second-order valence-corrected chi connectivity index (χ2v) is 7.51. The number of piperidine rings is 1. The van der Waals surface area contributed by atoms with E-state index in [-0.39, 0.29) is 11.6 Å². The van der Waals surface area contributed by atoms with E-state index in [1.54, 1.807) is 13.0 Å². The number of aromatic nitrogens is 5. The molecule has 0 unspecified atom stereocenters. The number of hydrogen-bond acceptors (Lipinski definition) is 5. The first-order chi connectivity index (χ1) is 13.8. The molecule has 0 atom stereocenters. The highest BCUT2D eigenvalue weighted by molar-refractivity contribution is 5.43. The summed E-state index contributed by atoms with van der Waals surface area (Å²) in [5.74, 6) is 0.880. The second-order valence-electron chi connectivity index (χ2n) is 7.51. The van der Waals surface area contributed by atoms with Crippen molar-refractivity contribution in [2.45, 2.75) is 51.7 Å². The molecule has 0 aliphatic carbocycles. The van der Waals surface area contributed by atoms with Crippen LogP contribution in [0.25, 0.3) is 5.65 Å². The normalized spacial score (nSPS) is 16.6. The van der Waals surface area contributed by atoms with E-state index in [2.05, 4.69) is 25.0 Å². The summed E-state index contributed by atoms with van der Waals surface area (Å²) in [6.07, 6.45) is 1.35. The molecule has 4 rings (SSSR count). The third-order valence-corrected chi connectivity index (χ3v) is 5.40. The van der Waals surface area contributed by atoms with E-state index in [4.69, 9.17) is 0 Å². The Hall–Kier alpha value is -2.55. The lowest BCUT2D eigenvalue weighted by Crippen LogP contribution is -2.32. The Bertz CT molecular complexity index is 988. The van der Waals surface area contributed by atoms with Crippen LogP contribution < -0.4 is 0 Å². The highest BCUT2D eigenvalue weighted by Crippen LogP contribution is 2.33. The number of nitrogens with zero attached hydrogens (tertiary/aromatic N) is 6. The molecule has 0 spiro atoms. The monoisotopic (exact) mass is 404 g/mol. The lowest BCUT2D eigenvalue weighted by molar-refractivity contribution is -0.142. The molecule has 154 valence electrons. The van der Waals surface area contributed by atoms with Crippen LogP contribution in [0.5, 0.6) is 0 Å². The highest BCUT2D eigenvalue weighted by atomic mass is 19.4. The van der Waals surface area contributed by atoms with Crippen molar-refractivity contribution >= 4 is 5.65 Å². The second kappa shape index (κ2) is 7.70. The molecule has 3 aromatic heterocycles. The molecule has 4 heterocycles. The van der Waals surface area contributed by atoms with E-state index in [9.17, 15) is 13.2 Å². The van der Waals surface area contributed by atoms with Gasteiger partial charge in [0.05, 0.1) is 5.69 Å². The third-order valence-electron chi connectivity index (χ3n) is 5.40. The van der Waals surface area contributed by atoms with Crippen molar-refractivity contribution in [3.63, 3.8) is 0 Å². The number of hydrogen-bond donors (Lipinski definition) is 0. The van der Waals surface area contributed by atoms with Gasteiger partial charge in [0.2, 0.25) is 0 Å². The topological polar surface area (TPSA) is 59.2 Å².